The highest BCUT2D eigenvalue weighted by atomic mass is 79.9. The first-order valence-corrected chi connectivity index (χ1v) is 7.68. The van der Waals surface area contributed by atoms with Crippen LogP contribution in [0.4, 0.5) is 11.5 Å². The lowest BCUT2D eigenvalue weighted by Gasteiger charge is -2.23. The minimum absolute atomic E-state index is 0.0175. The summed E-state index contributed by atoms with van der Waals surface area (Å²) in [6.45, 7) is 2.33. The lowest BCUT2D eigenvalue weighted by molar-refractivity contribution is -0.385. The van der Waals surface area contributed by atoms with Gasteiger partial charge in [0.15, 0.2) is 5.82 Å². The van der Waals surface area contributed by atoms with Crippen LogP contribution in [0.25, 0.3) is 0 Å². The summed E-state index contributed by atoms with van der Waals surface area (Å²) in [5, 5.41) is 14.7. The maximum Gasteiger partial charge on any atom is 0.288 e. The molecule has 3 rings (SSSR count). The van der Waals surface area contributed by atoms with E-state index in [1.54, 1.807) is 14.0 Å². The fourth-order valence-electron chi connectivity index (χ4n) is 2.62. The predicted octanol–water partition coefficient (Wildman–Crippen LogP) is 2.41. The van der Waals surface area contributed by atoms with Crippen molar-refractivity contribution >= 4 is 27.4 Å². The van der Waals surface area contributed by atoms with Crippen LogP contribution >= 0.6 is 15.9 Å². The van der Waals surface area contributed by atoms with Crippen molar-refractivity contribution in [3.8, 4) is 0 Å². The molecule has 1 fully saturated rings. The van der Waals surface area contributed by atoms with Gasteiger partial charge in [0.1, 0.15) is 18.1 Å². The largest absolute Gasteiger partial charge is 0.380 e. The number of rotatable bonds is 4. The van der Waals surface area contributed by atoms with Crippen molar-refractivity contribution in [1.82, 2.24) is 15.1 Å². The van der Waals surface area contributed by atoms with E-state index in [-0.39, 0.29) is 17.8 Å². The molecule has 1 aliphatic heterocycles. The van der Waals surface area contributed by atoms with Gasteiger partial charge in [-0.15, -0.1) is 0 Å². The minimum Gasteiger partial charge on any atom is -0.380 e. The summed E-state index contributed by atoms with van der Waals surface area (Å²) in [4.78, 5) is 20.8. The van der Waals surface area contributed by atoms with Gasteiger partial charge in [-0.3, -0.25) is 10.1 Å². The Morgan fingerprint density at radius 2 is 2.35 bits per heavy atom. The third-order valence-electron chi connectivity index (χ3n) is 3.71. The fourth-order valence-corrected chi connectivity index (χ4v) is 3.18. The van der Waals surface area contributed by atoms with Crippen molar-refractivity contribution in [1.29, 1.82) is 0 Å². The molecule has 1 aliphatic rings. The molecule has 10 heteroatoms. The molecule has 9 nitrogen and oxygen atoms in total. The third kappa shape index (κ3) is 3.04. The van der Waals surface area contributed by atoms with Crippen LogP contribution in [0, 0.1) is 17.0 Å². The quantitative estimate of drug-likeness (QED) is 0.584. The van der Waals surface area contributed by atoms with Gasteiger partial charge in [-0.25, -0.2) is 4.98 Å². The van der Waals surface area contributed by atoms with E-state index in [9.17, 15) is 10.1 Å². The van der Waals surface area contributed by atoms with Gasteiger partial charge in [0.25, 0.3) is 5.69 Å². The third-order valence-corrected chi connectivity index (χ3v) is 4.30. The van der Waals surface area contributed by atoms with Crippen LogP contribution in [0.15, 0.2) is 21.3 Å². The Morgan fingerprint density at radius 1 is 1.57 bits per heavy atom. The summed E-state index contributed by atoms with van der Waals surface area (Å²) in [5.41, 5.74) is -0.0756. The van der Waals surface area contributed by atoms with E-state index in [4.69, 9.17) is 9.26 Å². The number of nitro groups is 1. The molecule has 122 valence electrons. The van der Waals surface area contributed by atoms with Crippen molar-refractivity contribution in [2.75, 3.05) is 18.6 Å². The first-order valence-electron chi connectivity index (χ1n) is 6.89. The van der Waals surface area contributed by atoms with E-state index in [0.29, 0.717) is 35.0 Å². The second-order valence-electron chi connectivity index (χ2n) is 5.20. The Bertz CT molecular complexity index is 737. The number of hydrogen-bond donors (Lipinski definition) is 0. The lowest BCUT2D eigenvalue weighted by atomic mass is 10.2. The van der Waals surface area contributed by atoms with Crippen molar-refractivity contribution in [3.05, 3.63) is 38.6 Å². The Kier molecular flexibility index (Phi) is 4.26. The molecule has 3 heterocycles. The van der Waals surface area contributed by atoms with Crippen LogP contribution in [-0.4, -0.2) is 39.8 Å². The molecule has 0 radical (unpaired) electrons. The van der Waals surface area contributed by atoms with Crippen LogP contribution in [0.2, 0.25) is 0 Å². The predicted molar refractivity (Wildman–Crippen MR) is 83.1 cm³/mol. The molecule has 2 unspecified atom stereocenters. The maximum absolute atomic E-state index is 10.9. The molecular formula is C13H14BrN5O4. The molecule has 1 saturated heterocycles. The van der Waals surface area contributed by atoms with Crippen LogP contribution in [0.1, 0.15) is 24.2 Å². The molecular weight excluding hydrogens is 370 g/mol. The number of aryl methyl sites for hydroxylation is 1. The van der Waals surface area contributed by atoms with E-state index >= 15 is 0 Å². The van der Waals surface area contributed by atoms with Gasteiger partial charge >= 0.3 is 0 Å². The number of methoxy groups -OCH3 is 1. The van der Waals surface area contributed by atoms with Crippen molar-refractivity contribution in [2.24, 2.45) is 0 Å². The summed E-state index contributed by atoms with van der Waals surface area (Å²) < 4.78 is 11.3. The first-order chi connectivity index (χ1) is 11.0. The highest BCUT2D eigenvalue weighted by Gasteiger charge is 2.38. The Balaban J connectivity index is 1.97. The van der Waals surface area contributed by atoms with Crippen molar-refractivity contribution in [3.63, 3.8) is 0 Å². The van der Waals surface area contributed by atoms with Crippen LogP contribution in [0.3, 0.4) is 0 Å². The van der Waals surface area contributed by atoms with E-state index in [0.717, 1.165) is 0 Å². The average molecular weight is 384 g/mol. The summed E-state index contributed by atoms with van der Waals surface area (Å²) in [7, 11) is 1.64. The monoisotopic (exact) mass is 383 g/mol. The van der Waals surface area contributed by atoms with Gasteiger partial charge in [-0.1, -0.05) is 5.16 Å². The van der Waals surface area contributed by atoms with Crippen molar-refractivity contribution in [2.45, 2.75) is 25.5 Å². The summed E-state index contributed by atoms with van der Waals surface area (Å²) in [6.07, 6.45) is 1.88. The molecule has 0 N–H and O–H groups in total. The SMILES string of the molecule is COC1CC(c2nc(C)no2)N(c2ncc([N+](=O)[O-])cc2Br)C1. The second-order valence-corrected chi connectivity index (χ2v) is 6.05. The molecule has 2 aromatic heterocycles. The molecule has 2 atom stereocenters. The molecule has 0 amide bonds. The minimum atomic E-state index is -0.484. The van der Waals surface area contributed by atoms with E-state index in [2.05, 4.69) is 31.1 Å². The van der Waals surface area contributed by atoms with E-state index < -0.39 is 4.92 Å². The molecule has 0 saturated carbocycles. The number of nitrogens with zero attached hydrogens (tertiary/aromatic N) is 5. The molecule has 0 aromatic carbocycles. The Morgan fingerprint density at radius 3 is 2.91 bits per heavy atom. The first kappa shape index (κ1) is 15.8. The zero-order valence-corrected chi connectivity index (χ0v) is 14.1. The fraction of sp³-hybridized carbons (Fsp3) is 0.462. The molecule has 0 bridgehead atoms. The van der Waals surface area contributed by atoms with E-state index in [1.165, 1.54) is 12.3 Å². The van der Waals surface area contributed by atoms with Crippen LogP contribution in [-0.2, 0) is 4.74 Å². The topological polar surface area (TPSA) is 107 Å². The van der Waals surface area contributed by atoms with Gasteiger partial charge in [0.05, 0.1) is 15.5 Å². The normalized spacial score (nSPS) is 20.9. The number of anilines is 1. The van der Waals surface area contributed by atoms with Gasteiger partial charge in [-0.2, -0.15) is 4.98 Å². The zero-order chi connectivity index (χ0) is 16.6. The molecule has 0 spiro atoms. The molecule has 2 aromatic rings. The summed E-state index contributed by atoms with van der Waals surface area (Å²) in [5.74, 6) is 1.61. The number of ether oxygens (including phenoxy) is 1. The van der Waals surface area contributed by atoms with Gasteiger partial charge in [0.2, 0.25) is 5.89 Å². The van der Waals surface area contributed by atoms with Crippen LogP contribution in [0.5, 0.6) is 0 Å². The highest BCUT2D eigenvalue weighted by molar-refractivity contribution is 9.10. The Hall–Kier alpha value is -2.07. The van der Waals surface area contributed by atoms with Gasteiger partial charge < -0.3 is 14.2 Å². The smallest absolute Gasteiger partial charge is 0.288 e. The number of aromatic nitrogens is 3. The highest BCUT2D eigenvalue weighted by Crippen LogP contribution is 2.39. The second kappa shape index (κ2) is 6.20. The van der Waals surface area contributed by atoms with Crippen LogP contribution < -0.4 is 4.90 Å². The number of hydrogen-bond acceptors (Lipinski definition) is 8. The summed E-state index contributed by atoms with van der Waals surface area (Å²) >= 11 is 3.36. The average Bonchev–Trinajstić information content (AvgIpc) is 3.12. The number of halogens is 1. The zero-order valence-electron chi connectivity index (χ0n) is 12.5. The molecule has 23 heavy (non-hydrogen) atoms. The van der Waals surface area contributed by atoms with Gasteiger partial charge in [0, 0.05) is 26.1 Å². The standard InChI is InChI=1S/C13H14BrN5O4/c1-7-16-13(23-17-7)11-4-9(22-2)6-18(11)12-10(14)3-8(5-15-12)19(20)21/h3,5,9,11H,4,6H2,1-2H3. The molecule has 0 aliphatic carbocycles. The van der Waals surface area contributed by atoms with Crippen molar-refractivity contribution < 1.29 is 14.2 Å². The van der Waals surface area contributed by atoms with E-state index in [1.807, 2.05) is 4.90 Å². The Labute approximate surface area is 139 Å². The van der Waals surface area contributed by atoms with Gasteiger partial charge in [-0.05, 0) is 22.9 Å². The maximum atomic E-state index is 10.9. The number of pyridine rings is 1. The lowest BCUT2D eigenvalue weighted by Crippen LogP contribution is -2.26. The summed E-state index contributed by atoms with van der Waals surface area (Å²) in [6, 6.07) is 1.24.